The second kappa shape index (κ2) is 7.76. The van der Waals surface area contributed by atoms with Crippen LogP contribution in [-0.4, -0.2) is 36.5 Å². The van der Waals surface area contributed by atoms with Crippen LogP contribution in [0.15, 0.2) is 24.3 Å². The van der Waals surface area contributed by atoms with Crippen molar-refractivity contribution in [2.75, 3.05) is 13.7 Å². The lowest BCUT2D eigenvalue weighted by atomic mass is 10.1. The van der Waals surface area contributed by atoms with Gasteiger partial charge in [0.25, 0.3) is 5.91 Å². The average molecular weight is 295 g/mol. The van der Waals surface area contributed by atoms with Gasteiger partial charge < -0.3 is 9.64 Å². The van der Waals surface area contributed by atoms with Crippen molar-refractivity contribution in [3.63, 3.8) is 0 Å². The Hall–Kier alpha value is -1.91. The van der Waals surface area contributed by atoms with E-state index in [2.05, 4.69) is 4.74 Å². The van der Waals surface area contributed by atoms with Gasteiger partial charge in [-0.1, -0.05) is 26.0 Å². The fourth-order valence-electron chi connectivity index (χ4n) is 2.04. The van der Waals surface area contributed by atoms with Crippen molar-refractivity contribution in [1.82, 2.24) is 4.90 Å². The number of methoxy groups -OCH3 is 1. The van der Waals surface area contributed by atoms with Gasteiger partial charge in [-0.2, -0.15) is 0 Å². The van der Waals surface area contributed by atoms with Crippen LogP contribution in [0.25, 0.3) is 0 Å². The van der Waals surface area contributed by atoms with E-state index < -0.39 is 17.6 Å². The predicted molar refractivity (Wildman–Crippen MR) is 78.4 cm³/mol. The number of carbonyl (C=O) groups is 2. The van der Waals surface area contributed by atoms with Crippen LogP contribution < -0.4 is 0 Å². The summed E-state index contributed by atoms with van der Waals surface area (Å²) < 4.78 is 18.5. The lowest BCUT2D eigenvalue weighted by Gasteiger charge is -2.30. The summed E-state index contributed by atoms with van der Waals surface area (Å²) in [4.78, 5) is 25.6. The van der Waals surface area contributed by atoms with Crippen LogP contribution in [0.2, 0.25) is 0 Å². The minimum Gasteiger partial charge on any atom is -0.469 e. The van der Waals surface area contributed by atoms with Gasteiger partial charge in [0.05, 0.1) is 18.6 Å². The number of rotatable bonds is 6. The highest BCUT2D eigenvalue weighted by molar-refractivity contribution is 5.95. The molecular weight excluding hydrogens is 273 g/mol. The van der Waals surface area contributed by atoms with Gasteiger partial charge in [0.15, 0.2) is 0 Å². The van der Waals surface area contributed by atoms with Crippen LogP contribution in [-0.2, 0) is 9.53 Å². The largest absolute Gasteiger partial charge is 0.469 e. The standard InChI is InChI=1S/C16H22FNO3/c1-5-12(3)18(10-11(2)16(20)21-4)15(19)13-8-6-7-9-14(13)17/h6-9,11-12H,5,10H2,1-4H3. The quantitative estimate of drug-likeness (QED) is 0.758. The summed E-state index contributed by atoms with van der Waals surface area (Å²) in [6.45, 7) is 5.71. The van der Waals surface area contributed by atoms with E-state index in [-0.39, 0.29) is 24.1 Å². The van der Waals surface area contributed by atoms with E-state index in [4.69, 9.17) is 0 Å². The SMILES string of the molecule is CCC(C)N(CC(C)C(=O)OC)C(=O)c1ccccc1F. The van der Waals surface area contributed by atoms with Gasteiger partial charge >= 0.3 is 5.97 Å². The number of amides is 1. The first-order chi connectivity index (χ1) is 9.92. The van der Waals surface area contributed by atoms with E-state index in [9.17, 15) is 14.0 Å². The molecule has 1 amide bonds. The lowest BCUT2D eigenvalue weighted by molar-refractivity contribution is -0.145. The van der Waals surface area contributed by atoms with Crippen molar-refractivity contribution in [2.45, 2.75) is 33.2 Å². The maximum absolute atomic E-state index is 13.8. The molecule has 0 fully saturated rings. The van der Waals surface area contributed by atoms with Gasteiger partial charge in [0.1, 0.15) is 5.82 Å². The molecule has 2 atom stereocenters. The van der Waals surface area contributed by atoms with E-state index in [1.807, 2.05) is 13.8 Å². The highest BCUT2D eigenvalue weighted by Gasteiger charge is 2.27. The monoisotopic (exact) mass is 295 g/mol. The summed E-state index contributed by atoms with van der Waals surface area (Å²) in [7, 11) is 1.31. The Morgan fingerprint density at radius 1 is 1.29 bits per heavy atom. The van der Waals surface area contributed by atoms with Crippen molar-refractivity contribution in [1.29, 1.82) is 0 Å². The van der Waals surface area contributed by atoms with E-state index in [0.29, 0.717) is 6.42 Å². The van der Waals surface area contributed by atoms with Crippen LogP contribution in [0.4, 0.5) is 4.39 Å². The Labute approximate surface area is 124 Å². The molecule has 0 aliphatic carbocycles. The molecule has 5 heteroatoms. The van der Waals surface area contributed by atoms with Crippen molar-refractivity contribution in [3.05, 3.63) is 35.6 Å². The van der Waals surface area contributed by atoms with Crippen LogP contribution in [0, 0.1) is 11.7 Å². The Morgan fingerprint density at radius 3 is 2.43 bits per heavy atom. The fraction of sp³-hybridized carbons (Fsp3) is 0.500. The van der Waals surface area contributed by atoms with Crippen molar-refractivity contribution in [3.8, 4) is 0 Å². The Kier molecular flexibility index (Phi) is 6.34. The maximum Gasteiger partial charge on any atom is 0.310 e. The van der Waals surface area contributed by atoms with E-state index in [1.165, 1.54) is 30.2 Å². The normalized spacial score (nSPS) is 13.4. The molecule has 116 valence electrons. The number of esters is 1. The van der Waals surface area contributed by atoms with Gasteiger partial charge in [-0.3, -0.25) is 9.59 Å². The van der Waals surface area contributed by atoms with Crippen LogP contribution in [0.5, 0.6) is 0 Å². The van der Waals surface area contributed by atoms with Crippen molar-refractivity contribution in [2.24, 2.45) is 5.92 Å². The average Bonchev–Trinajstić information content (AvgIpc) is 2.50. The van der Waals surface area contributed by atoms with Gasteiger partial charge in [-0.25, -0.2) is 4.39 Å². The summed E-state index contributed by atoms with van der Waals surface area (Å²) in [6.07, 6.45) is 0.716. The highest BCUT2D eigenvalue weighted by Crippen LogP contribution is 2.16. The second-order valence-corrected chi connectivity index (χ2v) is 5.12. The molecule has 1 aromatic carbocycles. The minimum atomic E-state index is -0.554. The Balaban J connectivity index is 3.00. The van der Waals surface area contributed by atoms with Gasteiger partial charge in [-0.05, 0) is 25.5 Å². The number of carbonyl (C=O) groups excluding carboxylic acids is 2. The van der Waals surface area contributed by atoms with Gasteiger partial charge in [-0.15, -0.1) is 0 Å². The minimum absolute atomic E-state index is 0.0230. The summed E-state index contributed by atoms with van der Waals surface area (Å²) in [5.41, 5.74) is 0.0230. The van der Waals surface area contributed by atoms with Crippen LogP contribution in [0.1, 0.15) is 37.6 Å². The first-order valence-corrected chi connectivity index (χ1v) is 7.05. The maximum atomic E-state index is 13.8. The molecule has 0 heterocycles. The number of hydrogen-bond acceptors (Lipinski definition) is 3. The van der Waals surface area contributed by atoms with Crippen molar-refractivity contribution >= 4 is 11.9 Å². The third-order valence-corrected chi connectivity index (χ3v) is 3.56. The van der Waals surface area contributed by atoms with Crippen LogP contribution in [0.3, 0.4) is 0 Å². The molecule has 0 saturated heterocycles. The molecule has 0 saturated carbocycles. The summed E-state index contributed by atoms with van der Waals surface area (Å²) in [6, 6.07) is 5.77. The summed E-state index contributed by atoms with van der Waals surface area (Å²) in [5, 5.41) is 0. The number of hydrogen-bond donors (Lipinski definition) is 0. The zero-order chi connectivity index (χ0) is 16.0. The molecule has 0 radical (unpaired) electrons. The zero-order valence-electron chi connectivity index (χ0n) is 12.9. The smallest absolute Gasteiger partial charge is 0.310 e. The number of nitrogens with zero attached hydrogens (tertiary/aromatic N) is 1. The van der Waals surface area contributed by atoms with E-state index in [1.54, 1.807) is 13.0 Å². The molecule has 0 bridgehead atoms. The molecule has 0 aromatic heterocycles. The summed E-state index contributed by atoms with van der Waals surface area (Å²) in [5.74, 6) is -1.80. The third-order valence-electron chi connectivity index (χ3n) is 3.56. The first-order valence-electron chi connectivity index (χ1n) is 7.05. The third kappa shape index (κ3) is 4.28. The topological polar surface area (TPSA) is 46.6 Å². The number of ether oxygens (including phenoxy) is 1. The molecule has 1 aromatic rings. The highest BCUT2D eigenvalue weighted by atomic mass is 19.1. The fourth-order valence-corrected chi connectivity index (χ4v) is 2.04. The number of benzene rings is 1. The number of halogens is 1. The summed E-state index contributed by atoms with van der Waals surface area (Å²) >= 11 is 0. The molecule has 0 N–H and O–H groups in total. The van der Waals surface area contributed by atoms with Crippen LogP contribution >= 0.6 is 0 Å². The Bertz CT molecular complexity index is 504. The first kappa shape index (κ1) is 17.1. The van der Waals surface area contributed by atoms with Gasteiger partial charge in [0.2, 0.25) is 0 Å². The molecule has 2 unspecified atom stereocenters. The second-order valence-electron chi connectivity index (χ2n) is 5.12. The lowest BCUT2D eigenvalue weighted by Crippen LogP contribution is -2.43. The molecule has 4 nitrogen and oxygen atoms in total. The van der Waals surface area contributed by atoms with Crippen molar-refractivity contribution < 1.29 is 18.7 Å². The molecule has 0 aliphatic rings. The zero-order valence-corrected chi connectivity index (χ0v) is 12.9. The molecule has 21 heavy (non-hydrogen) atoms. The Morgan fingerprint density at radius 2 is 1.90 bits per heavy atom. The molecule has 1 rings (SSSR count). The predicted octanol–water partition coefficient (Wildman–Crippen LogP) is 2.88. The molecule has 0 spiro atoms. The molecule has 0 aliphatic heterocycles. The molecular formula is C16H22FNO3. The van der Waals surface area contributed by atoms with Gasteiger partial charge in [0, 0.05) is 12.6 Å². The van der Waals surface area contributed by atoms with E-state index >= 15 is 0 Å². The van der Waals surface area contributed by atoms with E-state index in [0.717, 1.165) is 0 Å².